The van der Waals surface area contributed by atoms with Gasteiger partial charge in [0.15, 0.2) is 0 Å². The number of rotatable bonds is 3. The van der Waals surface area contributed by atoms with Gasteiger partial charge in [0.25, 0.3) is 11.8 Å². The van der Waals surface area contributed by atoms with Gasteiger partial charge in [-0.2, -0.15) is 0 Å². The minimum absolute atomic E-state index is 0.264. The van der Waals surface area contributed by atoms with E-state index in [0.29, 0.717) is 16.1 Å². The van der Waals surface area contributed by atoms with Gasteiger partial charge in [0.1, 0.15) is 4.88 Å². The molecule has 0 bridgehead atoms. The Bertz CT molecular complexity index is 652. The Kier molecular flexibility index (Phi) is 4.64. The van der Waals surface area contributed by atoms with E-state index in [-0.39, 0.29) is 11.8 Å². The highest BCUT2D eigenvalue weighted by Gasteiger charge is 2.17. The smallest absolute Gasteiger partial charge is 0.267 e. The zero-order chi connectivity index (χ0) is 15.4. The second kappa shape index (κ2) is 6.45. The van der Waals surface area contributed by atoms with Crippen molar-refractivity contribution in [3.63, 3.8) is 0 Å². The third kappa shape index (κ3) is 3.63. The lowest BCUT2D eigenvalue weighted by Gasteiger charge is -2.06. The molecule has 0 aliphatic heterocycles. The first-order valence-corrected chi connectivity index (χ1v) is 7.28. The summed E-state index contributed by atoms with van der Waals surface area (Å²) in [6.07, 6.45) is 3.00. The van der Waals surface area contributed by atoms with E-state index in [1.165, 1.54) is 17.5 Å². The molecule has 0 unspecified atom stereocenters. The normalized spacial score (nSPS) is 10.5. The number of carbonyl (C=O) groups is 2. The summed E-state index contributed by atoms with van der Waals surface area (Å²) in [5, 5.41) is 0.899. The Balaban J connectivity index is 2.01. The maximum atomic E-state index is 12.1. The van der Waals surface area contributed by atoms with Gasteiger partial charge in [-0.3, -0.25) is 25.4 Å². The Morgan fingerprint density at radius 2 is 1.95 bits per heavy atom. The van der Waals surface area contributed by atoms with Gasteiger partial charge < -0.3 is 0 Å². The molecule has 7 heteroatoms. The number of amides is 2. The first-order valence-electron chi connectivity index (χ1n) is 6.47. The van der Waals surface area contributed by atoms with Crippen molar-refractivity contribution in [1.82, 2.24) is 20.8 Å². The van der Waals surface area contributed by atoms with Crippen molar-refractivity contribution in [3.8, 4) is 0 Å². The molecule has 0 radical (unpaired) electrons. The lowest BCUT2D eigenvalue weighted by atomic mass is 10.2. The van der Waals surface area contributed by atoms with Gasteiger partial charge in [-0.1, -0.05) is 13.8 Å². The van der Waals surface area contributed by atoms with E-state index in [0.717, 1.165) is 5.01 Å². The zero-order valence-electron chi connectivity index (χ0n) is 12.0. The summed E-state index contributed by atoms with van der Waals surface area (Å²) in [4.78, 5) is 32.6. The Morgan fingerprint density at radius 3 is 2.52 bits per heavy atom. The molecule has 2 amide bonds. The van der Waals surface area contributed by atoms with E-state index in [1.807, 2.05) is 13.8 Å². The molecule has 0 atom stereocenters. The van der Waals surface area contributed by atoms with Crippen LogP contribution < -0.4 is 10.9 Å². The van der Waals surface area contributed by atoms with Crippen LogP contribution in [-0.4, -0.2) is 21.8 Å². The second-order valence-electron chi connectivity index (χ2n) is 4.77. The van der Waals surface area contributed by atoms with Crippen molar-refractivity contribution >= 4 is 23.2 Å². The van der Waals surface area contributed by atoms with Gasteiger partial charge in [0.05, 0.1) is 16.3 Å². The van der Waals surface area contributed by atoms with Crippen LogP contribution in [0, 0.1) is 6.92 Å². The molecule has 2 heterocycles. The van der Waals surface area contributed by atoms with E-state index in [9.17, 15) is 9.59 Å². The highest BCUT2D eigenvalue weighted by atomic mass is 32.1. The number of nitrogens with one attached hydrogen (secondary N) is 2. The van der Waals surface area contributed by atoms with Gasteiger partial charge in [-0.15, -0.1) is 11.3 Å². The van der Waals surface area contributed by atoms with Crippen molar-refractivity contribution in [2.24, 2.45) is 0 Å². The van der Waals surface area contributed by atoms with Crippen LogP contribution in [0.25, 0.3) is 0 Å². The summed E-state index contributed by atoms with van der Waals surface area (Å²) in [5.41, 5.74) is 5.80. The molecule has 0 fully saturated rings. The van der Waals surface area contributed by atoms with Crippen LogP contribution >= 0.6 is 11.3 Å². The molecule has 2 rings (SSSR count). The molecule has 21 heavy (non-hydrogen) atoms. The Labute approximate surface area is 126 Å². The van der Waals surface area contributed by atoms with E-state index in [1.54, 1.807) is 25.3 Å². The maximum Gasteiger partial charge on any atom is 0.281 e. The second-order valence-corrected chi connectivity index (χ2v) is 5.80. The van der Waals surface area contributed by atoms with Gasteiger partial charge in [0, 0.05) is 18.3 Å². The highest BCUT2D eigenvalue weighted by Crippen LogP contribution is 2.24. The topological polar surface area (TPSA) is 84.0 Å². The molecule has 2 aromatic heterocycles. The molecule has 0 spiro atoms. The van der Waals surface area contributed by atoms with Crippen LogP contribution in [0.2, 0.25) is 0 Å². The van der Waals surface area contributed by atoms with Crippen LogP contribution in [0.4, 0.5) is 0 Å². The Hall–Kier alpha value is -2.28. The lowest BCUT2D eigenvalue weighted by Crippen LogP contribution is -2.41. The highest BCUT2D eigenvalue weighted by molar-refractivity contribution is 7.13. The predicted molar refractivity (Wildman–Crippen MR) is 80.1 cm³/mol. The average molecular weight is 304 g/mol. The summed E-state index contributed by atoms with van der Waals surface area (Å²) < 4.78 is 0. The minimum atomic E-state index is -0.414. The quantitative estimate of drug-likeness (QED) is 0.850. The fraction of sp³-hybridized carbons (Fsp3) is 0.286. The molecule has 0 aromatic carbocycles. The van der Waals surface area contributed by atoms with Crippen LogP contribution in [0.5, 0.6) is 0 Å². The summed E-state index contributed by atoms with van der Waals surface area (Å²) >= 11 is 1.34. The number of carbonyl (C=O) groups excluding carboxylic acids is 2. The van der Waals surface area contributed by atoms with Gasteiger partial charge >= 0.3 is 0 Å². The van der Waals surface area contributed by atoms with Gasteiger partial charge in [-0.05, 0) is 19.1 Å². The van der Waals surface area contributed by atoms with E-state index < -0.39 is 5.91 Å². The summed E-state index contributed by atoms with van der Waals surface area (Å²) in [6.45, 7) is 5.81. The number of aryl methyl sites for hydroxylation is 1. The summed E-state index contributed by atoms with van der Waals surface area (Å²) in [6, 6.07) is 3.27. The third-order valence-corrected chi connectivity index (χ3v) is 4.18. The van der Waals surface area contributed by atoms with Crippen molar-refractivity contribution < 1.29 is 9.59 Å². The maximum absolute atomic E-state index is 12.1. The lowest BCUT2D eigenvalue weighted by molar-refractivity contribution is 0.0848. The number of pyridine rings is 1. The minimum Gasteiger partial charge on any atom is -0.267 e. The first-order chi connectivity index (χ1) is 9.99. The zero-order valence-corrected chi connectivity index (χ0v) is 12.8. The molecule has 0 aliphatic rings. The monoisotopic (exact) mass is 304 g/mol. The molecule has 0 saturated heterocycles. The van der Waals surface area contributed by atoms with E-state index in [4.69, 9.17) is 0 Å². The number of hydrogen-bond donors (Lipinski definition) is 2. The summed E-state index contributed by atoms with van der Waals surface area (Å²) in [5.74, 6) is -0.517. The van der Waals surface area contributed by atoms with Crippen LogP contribution in [0.15, 0.2) is 24.5 Å². The molecule has 2 N–H and O–H groups in total. The standard InChI is InChI=1S/C14H16N4O2S/c1-8(2)14-16-9(3)11(21-14)13(20)18-17-12(19)10-5-4-6-15-7-10/h4-8H,1-3H3,(H,17,19)(H,18,20). The SMILES string of the molecule is Cc1nc(C(C)C)sc1C(=O)NNC(=O)c1cccnc1. The number of thiazole rings is 1. The first kappa shape index (κ1) is 15.1. The number of nitrogens with zero attached hydrogens (tertiary/aromatic N) is 2. The van der Waals surface area contributed by atoms with Crippen molar-refractivity contribution in [2.45, 2.75) is 26.7 Å². The predicted octanol–water partition coefficient (Wildman–Crippen LogP) is 2.04. The van der Waals surface area contributed by atoms with Crippen molar-refractivity contribution in [1.29, 1.82) is 0 Å². The number of hydrogen-bond acceptors (Lipinski definition) is 5. The van der Waals surface area contributed by atoms with Crippen molar-refractivity contribution in [3.05, 3.63) is 45.7 Å². The molecule has 0 aliphatic carbocycles. The molecule has 110 valence electrons. The van der Waals surface area contributed by atoms with E-state index in [2.05, 4.69) is 20.8 Å². The van der Waals surface area contributed by atoms with Crippen LogP contribution in [0.1, 0.15) is 50.5 Å². The summed E-state index contributed by atoms with van der Waals surface area (Å²) in [7, 11) is 0. The molecular weight excluding hydrogens is 288 g/mol. The molecule has 6 nitrogen and oxygen atoms in total. The molecule has 0 saturated carbocycles. The molecular formula is C14H16N4O2S. The number of aromatic nitrogens is 2. The number of hydrazine groups is 1. The van der Waals surface area contributed by atoms with Gasteiger partial charge in [0.2, 0.25) is 0 Å². The van der Waals surface area contributed by atoms with Crippen molar-refractivity contribution in [2.75, 3.05) is 0 Å². The largest absolute Gasteiger partial charge is 0.281 e. The van der Waals surface area contributed by atoms with Crippen LogP contribution in [0.3, 0.4) is 0 Å². The van der Waals surface area contributed by atoms with Crippen LogP contribution in [-0.2, 0) is 0 Å². The van der Waals surface area contributed by atoms with Gasteiger partial charge in [-0.25, -0.2) is 4.98 Å². The Morgan fingerprint density at radius 1 is 1.24 bits per heavy atom. The third-order valence-electron chi connectivity index (χ3n) is 2.73. The van der Waals surface area contributed by atoms with E-state index >= 15 is 0 Å². The molecule has 2 aromatic rings. The fourth-order valence-corrected chi connectivity index (χ4v) is 2.58. The fourth-order valence-electron chi connectivity index (χ4n) is 1.61. The average Bonchev–Trinajstić information content (AvgIpc) is 2.87.